The second-order valence-electron chi connectivity index (χ2n) is 7.08. The Morgan fingerprint density at radius 1 is 0.900 bits per heavy atom. The van der Waals surface area contributed by atoms with Crippen LogP contribution in [0, 0.1) is 29.6 Å². The number of rotatable bonds is 2. The number of halogens is 3. The largest absolute Gasteiger partial charge is 0.117 e. The van der Waals surface area contributed by atoms with E-state index in [0.29, 0.717) is 5.92 Å². The van der Waals surface area contributed by atoms with Gasteiger partial charge in [0.15, 0.2) is 0 Å². The summed E-state index contributed by atoms with van der Waals surface area (Å²) in [6.07, 6.45) is 7.03. The number of hydrogen-bond donors (Lipinski definition) is 0. The predicted octanol–water partition coefficient (Wildman–Crippen LogP) is 6.35. The molecule has 1 unspecified atom stereocenters. The van der Waals surface area contributed by atoms with Crippen molar-refractivity contribution in [3.63, 3.8) is 0 Å². The molecule has 1 aromatic carbocycles. The quantitative estimate of drug-likeness (QED) is 0.555. The molecule has 4 bridgehead atoms. The maximum absolute atomic E-state index is 6.88. The fourth-order valence-corrected chi connectivity index (χ4v) is 6.44. The highest BCUT2D eigenvalue weighted by Crippen LogP contribution is 2.60. The van der Waals surface area contributed by atoms with Crippen molar-refractivity contribution < 1.29 is 0 Å². The number of alkyl halides is 1. The van der Waals surface area contributed by atoms with Crippen LogP contribution >= 0.6 is 34.8 Å². The zero-order valence-corrected chi connectivity index (χ0v) is 13.6. The Hall–Kier alpha value is 0.0900. The highest BCUT2D eigenvalue weighted by Gasteiger charge is 2.50. The van der Waals surface area contributed by atoms with Gasteiger partial charge in [0.05, 0.1) is 5.38 Å². The molecule has 0 aliphatic heterocycles. The molecule has 3 heteroatoms. The molecule has 5 rings (SSSR count). The van der Waals surface area contributed by atoms with Crippen LogP contribution in [0.1, 0.15) is 43.0 Å². The number of hydrogen-bond acceptors (Lipinski definition) is 0. The first-order chi connectivity index (χ1) is 9.61. The fraction of sp³-hybridized carbons (Fsp3) is 0.647. The van der Waals surface area contributed by atoms with Crippen molar-refractivity contribution in [2.75, 3.05) is 0 Å². The Bertz CT molecular complexity index is 497. The van der Waals surface area contributed by atoms with Crippen LogP contribution in [0.3, 0.4) is 0 Å². The molecule has 0 amide bonds. The van der Waals surface area contributed by atoms with Crippen LogP contribution in [0.2, 0.25) is 10.0 Å². The molecule has 20 heavy (non-hydrogen) atoms. The van der Waals surface area contributed by atoms with Crippen molar-refractivity contribution >= 4 is 34.8 Å². The molecule has 4 aliphatic rings. The molecule has 0 N–H and O–H groups in total. The first-order valence-electron chi connectivity index (χ1n) is 7.71. The van der Waals surface area contributed by atoms with Gasteiger partial charge in [0.1, 0.15) is 0 Å². The Labute approximate surface area is 135 Å². The van der Waals surface area contributed by atoms with Gasteiger partial charge in [-0.2, -0.15) is 0 Å². The average molecular weight is 330 g/mol. The van der Waals surface area contributed by atoms with Crippen molar-refractivity contribution in [1.29, 1.82) is 0 Å². The monoisotopic (exact) mass is 328 g/mol. The van der Waals surface area contributed by atoms with E-state index in [-0.39, 0.29) is 5.38 Å². The lowest BCUT2D eigenvalue weighted by atomic mass is 9.51. The molecular formula is C17H19Cl3. The molecule has 0 heterocycles. The summed E-state index contributed by atoms with van der Waals surface area (Å²) < 4.78 is 0. The van der Waals surface area contributed by atoms with Crippen LogP contribution in [0.25, 0.3) is 0 Å². The van der Waals surface area contributed by atoms with Gasteiger partial charge in [0.2, 0.25) is 0 Å². The lowest BCUT2D eigenvalue weighted by molar-refractivity contribution is -0.0381. The van der Waals surface area contributed by atoms with Crippen molar-refractivity contribution in [3.05, 3.63) is 33.8 Å². The molecule has 0 aromatic heterocycles. The standard InChI is InChI=1S/C17H19Cl3/c18-13-1-2-15(19)14(8-13)17(20)16-11-4-9-3-10(6-11)7-12(16)5-9/h1-2,8-12,16-17H,3-7H2. The van der Waals surface area contributed by atoms with Crippen LogP contribution in [0.5, 0.6) is 0 Å². The highest BCUT2D eigenvalue weighted by atomic mass is 35.5. The van der Waals surface area contributed by atoms with Crippen LogP contribution < -0.4 is 0 Å². The summed E-state index contributed by atoms with van der Waals surface area (Å²) in [5.74, 6) is 4.17. The van der Waals surface area contributed by atoms with E-state index >= 15 is 0 Å². The summed E-state index contributed by atoms with van der Waals surface area (Å²) in [5.41, 5.74) is 1.04. The third-order valence-corrected chi connectivity index (χ3v) is 7.00. The van der Waals surface area contributed by atoms with Crippen molar-refractivity contribution in [1.82, 2.24) is 0 Å². The Morgan fingerprint density at radius 3 is 2.10 bits per heavy atom. The third kappa shape index (κ3) is 2.19. The smallest absolute Gasteiger partial charge is 0.0633 e. The molecule has 0 saturated heterocycles. The van der Waals surface area contributed by atoms with E-state index in [4.69, 9.17) is 34.8 Å². The van der Waals surface area contributed by atoms with E-state index < -0.39 is 0 Å². The predicted molar refractivity (Wildman–Crippen MR) is 85.6 cm³/mol. The molecule has 0 spiro atoms. The zero-order chi connectivity index (χ0) is 13.9. The summed E-state index contributed by atoms with van der Waals surface area (Å²) in [5, 5.41) is 1.53. The van der Waals surface area contributed by atoms with Crippen LogP contribution in [-0.4, -0.2) is 0 Å². The van der Waals surface area contributed by atoms with Gasteiger partial charge >= 0.3 is 0 Å². The SMILES string of the molecule is Clc1ccc(Cl)c(C(Cl)C2C3CC4CC(C3)CC2C4)c1. The maximum Gasteiger partial charge on any atom is 0.0633 e. The van der Waals surface area contributed by atoms with Crippen molar-refractivity contribution in [2.24, 2.45) is 29.6 Å². The first-order valence-corrected chi connectivity index (χ1v) is 8.90. The summed E-state index contributed by atoms with van der Waals surface area (Å²) in [6, 6.07) is 5.69. The molecule has 1 atom stereocenters. The molecule has 4 aliphatic carbocycles. The van der Waals surface area contributed by atoms with Gasteiger partial charge in [0.25, 0.3) is 0 Å². The fourth-order valence-electron chi connectivity index (χ4n) is 5.38. The van der Waals surface area contributed by atoms with Crippen LogP contribution in [0.15, 0.2) is 18.2 Å². The van der Waals surface area contributed by atoms with E-state index in [1.54, 1.807) is 0 Å². The molecule has 1 aromatic rings. The van der Waals surface area contributed by atoms with E-state index in [2.05, 4.69) is 0 Å². The van der Waals surface area contributed by atoms with E-state index in [0.717, 1.165) is 39.3 Å². The Morgan fingerprint density at radius 2 is 1.50 bits per heavy atom. The second kappa shape index (κ2) is 5.07. The third-order valence-electron chi connectivity index (χ3n) is 5.89. The van der Waals surface area contributed by atoms with Gasteiger partial charge in [-0.05, 0) is 85.5 Å². The molecular weight excluding hydrogens is 311 g/mol. The first kappa shape index (κ1) is 13.7. The summed E-state index contributed by atoms with van der Waals surface area (Å²) in [6.45, 7) is 0. The van der Waals surface area contributed by atoms with Gasteiger partial charge < -0.3 is 0 Å². The molecule has 108 valence electrons. The lowest BCUT2D eigenvalue weighted by Gasteiger charge is -2.55. The number of benzene rings is 1. The van der Waals surface area contributed by atoms with E-state index in [1.807, 2.05) is 18.2 Å². The van der Waals surface area contributed by atoms with Crippen LogP contribution in [0.4, 0.5) is 0 Å². The van der Waals surface area contributed by atoms with Crippen molar-refractivity contribution in [3.8, 4) is 0 Å². The van der Waals surface area contributed by atoms with Gasteiger partial charge in [0, 0.05) is 10.0 Å². The van der Waals surface area contributed by atoms with Crippen molar-refractivity contribution in [2.45, 2.75) is 37.5 Å². The second-order valence-corrected chi connectivity index (χ2v) is 8.39. The summed E-state index contributed by atoms with van der Waals surface area (Å²) >= 11 is 19.4. The van der Waals surface area contributed by atoms with Gasteiger partial charge in [-0.15, -0.1) is 11.6 Å². The zero-order valence-electron chi connectivity index (χ0n) is 11.4. The van der Waals surface area contributed by atoms with Gasteiger partial charge in [-0.3, -0.25) is 0 Å². The molecule has 4 fully saturated rings. The van der Waals surface area contributed by atoms with Gasteiger partial charge in [-0.25, -0.2) is 0 Å². The summed E-state index contributed by atoms with van der Waals surface area (Å²) in [4.78, 5) is 0. The minimum absolute atomic E-state index is 0.0243. The van der Waals surface area contributed by atoms with Crippen LogP contribution in [-0.2, 0) is 0 Å². The van der Waals surface area contributed by atoms with E-state index in [1.165, 1.54) is 32.1 Å². The molecule has 4 saturated carbocycles. The average Bonchev–Trinajstić information content (AvgIpc) is 2.40. The van der Waals surface area contributed by atoms with E-state index in [9.17, 15) is 0 Å². The summed E-state index contributed by atoms with van der Waals surface area (Å²) in [7, 11) is 0. The molecule has 0 nitrogen and oxygen atoms in total. The lowest BCUT2D eigenvalue weighted by Crippen LogP contribution is -2.46. The highest BCUT2D eigenvalue weighted by molar-refractivity contribution is 6.34. The topological polar surface area (TPSA) is 0 Å². The molecule has 0 radical (unpaired) electrons. The maximum atomic E-state index is 6.88. The minimum atomic E-state index is 0.0243. The minimum Gasteiger partial charge on any atom is -0.117 e. The Kier molecular flexibility index (Phi) is 3.48. The normalized spacial score (nSPS) is 40.0. The Balaban J connectivity index is 1.65. The van der Waals surface area contributed by atoms with Gasteiger partial charge in [-0.1, -0.05) is 23.2 Å².